The van der Waals surface area contributed by atoms with Gasteiger partial charge in [0.15, 0.2) is 0 Å². The number of unbranched alkanes of at least 4 members (excludes halogenated alkanes) is 1. The number of nitrogens with zero attached hydrogens (tertiary/aromatic N) is 3. The summed E-state index contributed by atoms with van der Waals surface area (Å²) >= 11 is 1.82. The molecule has 2 aliphatic heterocycles. The van der Waals surface area contributed by atoms with Gasteiger partial charge in [0.2, 0.25) is 11.8 Å². The van der Waals surface area contributed by atoms with Gasteiger partial charge in [0.1, 0.15) is 0 Å². The van der Waals surface area contributed by atoms with Crippen LogP contribution in [0.15, 0.2) is 11.4 Å². The predicted octanol–water partition coefficient (Wildman–Crippen LogP) is 3.55. The summed E-state index contributed by atoms with van der Waals surface area (Å²) in [5.41, 5.74) is 1.35. The van der Waals surface area contributed by atoms with E-state index < -0.39 is 0 Å². The van der Waals surface area contributed by atoms with E-state index >= 15 is 0 Å². The molecule has 0 radical (unpaired) electrons. The molecule has 1 fully saturated rings. The van der Waals surface area contributed by atoms with Gasteiger partial charge in [-0.15, -0.1) is 11.3 Å². The van der Waals surface area contributed by atoms with Gasteiger partial charge in [-0.05, 0) is 62.2 Å². The normalized spacial score (nSPS) is 20.8. The van der Waals surface area contributed by atoms with E-state index in [0.29, 0.717) is 6.54 Å². The molecule has 28 heavy (non-hydrogen) atoms. The number of rotatable bonds is 7. The summed E-state index contributed by atoms with van der Waals surface area (Å²) in [6.07, 6.45) is 5.87. The summed E-state index contributed by atoms with van der Waals surface area (Å²) in [5.74, 6) is 0.653. The molecule has 0 bridgehead atoms. The van der Waals surface area contributed by atoms with Crippen LogP contribution >= 0.6 is 11.3 Å². The molecule has 0 saturated carbocycles. The van der Waals surface area contributed by atoms with Gasteiger partial charge in [-0.1, -0.05) is 20.3 Å². The van der Waals surface area contributed by atoms with Crippen LogP contribution in [0, 0.1) is 5.92 Å². The van der Waals surface area contributed by atoms with Gasteiger partial charge in [0.05, 0.1) is 12.6 Å². The number of amides is 2. The van der Waals surface area contributed by atoms with Crippen LogP contribution < -0.4 is 0 Å². The zero-order valence-electron chi connectivity index (χ0n) is 17.7. The lowest BCUT2D eigenvalue weighted by Crippen LogP contribution is -2.48. The first-order valence-corrected chi connectivity index (χ1v) is 11.8. The fourth-order valence-corrected chi connectivity index (χ4v) is 5.50. The number of fused-ring (bicyclic) bond motifs is 1. The Morgan fingerprint density at radius 3 is 2.64 bits per heavy atom. The van der Waals surface area contributed by atoms with Crippen LogP contribution in [0.2, 0.25) is 0 Å². The summed E-state index contributed by atoms with van der Waals surface area (Å²) in [6.45, 7) is 8.19. The molecule has 6 heteroatoms. The monoisotopic (exact) mass is 405 g/mol. The van der Waals surface area contributed by atoms with Crippen molar-refractivity contribution in [3.8, 4) is 0 Å². The minimum Gasteiger partial charge on any atom is -0.346 e. The van der Waals surface area contributed by atoms with Crippen molar-refractivity contribution in [1.29, 1.82) is 0 Å². The van der Waals surface area contributed by atoms with E-state index in [1.165, 1.54) is 10.4 Å². The molecule has 156 valence electrons. The SMILES string of the molecule is CCCCN(C)C(=O)C1CCN(CC(=O)N2CCc3sccc3C2CC)CC1. The smallest absolute Gasteiger partial charge is 0.237 e. The van der Waals surface area contributed by atoms with Crippen LogP contribution in [-0.4, -0.2) is 66.3 Å². The number of hydrogen-bond acceptors (Lipinski definition) is 4. The molecule has 0 aliphatic carbocycles. The third-order valence-electron chi connectivity index (χ3n) is 6.32. The molecule has 1 aromatic heterocycles. The molecule has 0 spiro atoms. The second kappa shape index (κ2) is 9.88. The first kappa shape index (κ1) is 21.3. The average Bonchev–Trinajstić information content (AvgIpc) is 3.20. The number of carbonyl (C=O) groups is 2. The maximum absolute atomic E-state index is 13.0. The van der Waals surface area contributed by atoms with Crippen LogP contribution in [0.5, 0.6) is 0 Å². The quantitative estimate of drug-likeness (QED) is 0.697. The summed E-state index contributed by atoms with van der Waals surface area (Å²) in [5, 5.41) is 2.15. The van der Waals surface area contributed by atoms with Crippen molar-refractivity contribution in [2.24, 2.45) is 5.92 Å². The van der Waals surface area contributed by atoms with Crippen molar-refractivity contribution in [1.82, 2.24) is 14.7 Å². The highest BCUT2D eigenvalue weighted by Gasteiger charge is 2.32. The molecule has 0 aromatic carbocycles. The minimum atomic E-state index is 0.125. The standard InChI is InChI=1S/C22H35N3O2S/c1-4-6-11-23(3)22(27)17-7-12-24(13-8-17)16-21(26)25-14-9-20-18(10-15-28-20)19(25)5-2/h10,15,17,19H,4-9,11-14,16H2,1-3H3. The number of carbonyl (C=O) groups excluding carboxylic acids is 2. The van der Waals surface area contributed by atoms with Crippen LogP contribution in [0.4, 0.5) is 0 Å². The van der Waals surface area contributed by atoms with Gasteiger partial charge >= 0.3 is 0 Å². The number of thiophene rings is 1. The summed E-state index contributed by atoms with van der Waals surface area (Å²) < 4.78 is 0. The topological polar surface area (TPSA) is 43.9 Å². The van der Waals surface area contributed by atoms with Crippen LogP contribution in [0.3, 0.4) is 0 Å². The van der Waals surface area contributed by atoms with E-state index in [9.17, 15) is 9.59 Å². The van der Waals surface area contributed by atoms with Gasteiger partial charge in [-0.25, -0.2) is 0 Å². The maximum atomic E-state index is 13.0. The van der Waals surface area contributed by atoms with Crippen LogP contribution in [-0.2, 0) is 16.0 Å². The molecule has 5 nitrogen and oxygen atoms in total. The van der Waals surface area contributed by atoms with E-state index in [2.05, 4.69) is 35.1 Å². The van der Waals surface area contributed by atoms with Gasteiger partial charge in [0, 0.05) is 30.9 Å². The Kier molecular flexibility index (Phi) is 7.52. The summed E-state index contributed by atoms with van der Waals surface area (Å²) in [7, 11) is 1.92. The predicted molar refractivity (Wildman–Crippen MR) is 114 cm³/mol. The summed E-state index contributed by atoms with van der Waals surface area (Å²) in [6, 6.07) is 2.42. The fourth-order valence-electron chi connectivity index (χ4n) is 4.57. The minimum absolute atomic E-state index is 0.125. The first-order chi connectivity index (χ1) is 13.5. The number of piperidine rings is 1. The van der Waals surface area contributed by atoms with Crippen molar-refractivity contribution in [2.75, 3.05) is 39.8 Å². The summed E-state index contributed by atoms with van der Waals surface area (Å²) in [4.78, 5) is 33.3. The Bertz CT molecular complexity index is 666. The second-order valence-corrected chi connectivity index (χ2v) is 9.22. The Morgan fingerprint density at radius 2 is 1.96 bits per heavy atom. The average molecular weight is 406 g/mol. The third-order valence-corrected chi connectivity index (χ3v) is 7.32. The molecule has 1 unspecified atom stereocenters. The molecule has 1 saturated heterocycles. The number of likely N-dealkylation sites (tertiary alicyclic amines) is 1. The molecule has 0 N–H and O–H groups in total. The van der Waals surface area contributed by atoms with Crippen molar-refractivity contribution in [2.45, 2.75) is 58.4 Å². The lowest BCUT2D eigenvalue weighted by molar-refractivity contribution is -0.137. The molecule has 2 aliphatic rings. The number of hydrogen-bond donors (Lipinski definition) is 0. The molecular formula is C22H35N3O2S. The zero-order chi connectivity index (χ0) is 20.1. The Hall–Kier alpha value is -1.40. The first-order valence-electron chi connectivity index (χ1n) is 10.9. The van der Waals surface area contributed by atoms with Gasteiger partial charge in [0.25, 0.3) is 0 Å². The molecule has 1 atom stereocenters. The Labute approximate surface area is 173 Å². The molecular weight excluding hydrogens is 370 g/mol. The molecule has 3 heterocycles. The van der Waals surface area contributed by atoms with Crippen molar-refractivity contribution < 1.29 is 9.59 Å². The van der Waals surface area contributed by atoms with E-state index in [0.717, 1.165) is 64.7 Å². The van der Waals surface area contributed by atoms with Gasteiger partial charge in [-0.2, -0.15) is 0 Å². The van der Waals surface area contributed by atoms with Crippen LogP contribution in [0.1, 0.15) is 62.4 Å². The van der Waals surface area contributed by atoms with E-state index in [4.69, 9.17) is 0 Å². The van der Waals surface area contributed by atoms with Crippen LogP contribution in [0.25, 0.3) is 0 Å². The highest BCUT2D eigenvalue weighted by Crippen LogP contribution is 2.35. The van der Waals surface area contributed by atoms with Crippen molar-refractivity contribution >= 4 is 23.2 Å². The maximum Gasteiger partial charge on any atom is 0.237 e. The zero-order valence-corrected chi connectivity index (χ0v) is 18.5. The van der Waals surface area contributed by atoms with Crippen molar-refractivity contribution in [3.63, 3.8) is 0 Å². The van der Waals surface area contributed by atoms with Gasteiger partial charge < -0.3 is 9.80 Å². The molecule has 2 amide bonds. The highest BCUT2D eigenvalue weighted by atomic mass is 32.1. The van der Waals surface area contributed by atoms with E-state index in [1.54, 1.807) is 0 Å². The second-order valence-electron chi connectivity index (χ2n) is 8.22. The largest absolute Gasteiger partial charge is 0.346 e. The highest BCUT2D eigenvalue weighted by molar-refractivity contribution is 7.10. The Balaban J connectivity index is 1.49. The molecule has 1 aromatic rings. The van der Waals surface area contributed by atoms with Crippen molar-refractivity contribution in [3.05, 3.63) is 21.9 Å². The van der Waals surface area contributed by atoms with Gasteiger partial charge in [-0.3, -0.25) is 14.5 Å². The van der Waals surface area contributed by atoms with E-state index in [1.807, 2.05) is 23.3 Å². The third kappa shape index (κ3) is 4.77. The van der Waals surface area contributed by atoms with E-state index in [-0.39, 0.29) is 23.8 Å². The Morgan fingerprint density at radius 1 is 1.21 bits per heavy atom. The fraction of sp³-hybridized carbons (Fsp3) is 0.727. The molecule has 3 rings (SSSR count). The lowest BCUT2D eigenvalue weighted by atomic mass is 9.95. The lowest BCUT2D eigenvalue weighted by Gasteiger charge is -2.38.